The minimum Gasteiger partial charge on any atom is -0.466 e. The van der Waals surface area contributed by atoms with Gasteiger partial charge in [0, 0.05) is 25.1 Å². The molecule has 0 bridgehead atoms. The fourth-order valence-corrected chi connectivity index (χ4v) is 1.58. The summed E-state index contributed by atoms with van der Waals surface area (Å²) in [6.07, 6.45) is 2.67. The molecule has 0 saturated heterocycles. The van der Waals surface area contributed by atoms with Gasteiger partial charge in [0.15, 0.2) is 0 Å². The van der Waals surface area contributed by atoms with Crippen molar-refractivity contribution < 1.29 is 9.53 Å². The van der Waals surface area contributed by atoms with Gasteiger partial charge >= 0.3 is 5.97 Å². The van der Waals surface area contributed by atoms with E-state index in [0.717, 1.165) is 19.3 Å². The first-order chi connectivity index (χ1) is 8.63. The number of ether oxygens (including phenoxy) is 1. The molecule has 100 valence electrons. The summed E-state index contributed by atoms with van der Waals surface area (Å²) in [7, 11) is 0. The average molecular weight is 254 g/mol. The predicted octanol–water partition coefficient (Wildman–Crippen LogP) is 0.660. The summed E-state index contributed by atoms with van der Waals surface area (Å²) in [6, 6.07) is 2.46. The molecule has 1 aromatic rings. The molecular formula is C12H18N2O4. The van der Waals surface area contributed by atoms with Crippen LogP contribution in [0.1, 0.15) is 32.6 Å². The Morgan fingerprint density at radius 2 is 2.06 bits per heavy atom. The minimum absolute atomic E-state index is 0.192. The van der Waals surface area contributed by atoms with E-state index in [4.69, 9.17) is 4.74 Å². The molecule has 6 heteroatoms. The van der Waals surface area contributed by atoms with Crippen LogP contribution in [0.4, 0.5) is 0 Å². The van der Waals surface area contributed by atoms with Gasteiger partial charge in [-0.15, -0.1) is 0 Å². The Bertz CT molecular complexity index is 489. The second kappa shape index (κ2) is 7.47. The maximum atomic E-state index is 11.3. The van der Waals surface area contributed by atoms with Gasteiger partial charge in [0.25, 0.3) is 11.1 Å². The van der Waals surface area contributed by atoms with Crippen molar-refractivity contribution in [3.05, 3.63) is 32.8 Å². The van der Waals surface area contributed by atoms with E-state index in [1.165, 1.54) is 16.8 Å². The van der Waals surface area contributed by atoms with Gasteiger partial charge in [-0.05, 0) is 19.8 Å². The zero-order valence-corrected chi connectivity index (χ0v) is 10.5. The Balaban J connectivity index is 2.26. The first kappa shape index (κ1) is 14.2. The van der Waals surface area contributed by atoms with Gasteiger partial charge < -0.3 is 4.74 Å². The number of carbonyl (C=O) groups is 1. The fraction of sp³-hybridized carbons (Fsp3) is 0.583. The summed E-state index contributed by atoms with van der Waals surface area (Å²) in [5.41, 5.74) is -0.513. The number of nitrogens with one attached hydrogen (secondary N) is 1. The number of nitrogens with zero attached hydrogens (tertiary/aromatic N) is 1. The number of hydrogen-bond donors (Lipinski definition) is 1. The standard InChI is InChI=1S/C12H18N2O4/c1-2-18-12(17)6-4-3-5-9-14-11(16)8-7-10(15)13-14/h7-8H,2-6,9H2,1H3,(H,13,15). The van der Waals surface area contributed by atoms with Crippen molar-refractivity contribution in [2.75, 3.05) is 6.61 Å². The molecule has 18 heavy (non-hydrogen) atoms. The highest BCUT2D eigenvalue weighted by Crippen LogP contribution is 2.02. The average Bonchev–Trinajstić information content (AvgIpc) is 2.33. The largest absolute Gasteiger partial charge is 0.466 e. The van der Waals surface area contributed by atoms with Gasteiger partial charge in [-0.25, -0.2) is 0 Å². The number of aromatic nitrogens is 2. The molecule has 1 aromatic heterocycles. The maximum absolute atomic E-state index is 11.3. The second-order valence-corrected chi connectivity index (χ2v) is 3.91. The Morgan fingerprint density at radius 1 is 1.28 bits per heavy atom. The van der Waals surface area contributed by atoms with Gasteiger partial charge in [0.2, 0.25) is 0 Å². The van der Waals surface area contributed by atoms with Gasteiger partial charge in [-0.3, -0.25) is 24.2 Å². The van der Waals surface area contributed by atoms with E-state index < -0.39 is 0 Å². The Morgan fingerprint density at radius 3 is 2.78 bits per heavy atom. The van der Waals surface area contributed by atoms with Gasteiger partial charge in [0.05, 0.1) is 6.61 Å². The Labute approximate surface area is 105 Å². The van der Waals surface area contributed by atoms with E-state index >= 15 is 0 Å². The summed E-state index contributed by atoms with van der Waals surface area (Å²) in [5.74, 6) is -0.192. The molecule has 0 unspecified atom stereocenters. The topological polar surface area (TPSA) is 81.2 Å². The van der Waals surface area contributed by atoms with Crippen molar-refractivity contribution >= 4 is 5.97 Å². The van der Waals surface area contributed by atoms with Gasteiger partial charge in [0.1, 0.15) is 0 Å². The molecule has 1 N–H and O–H groups in total. The lowest BCUT2D eigenvalue weighted by Gasteiger charge is -2.04. The van der Waals surface area contributed by atoms with Crippen LogP contribution in [0.5, 0.6) is 0 Å². The molecule has 6 nitrogen and oxygen atoms in total. The van der Waals surface area contributed by atoms with Crippen molar-refractivity contribution in [3.8, 4) is 0 Å². The zero-order chi connectivity index (χ0) is 13.4. The summed E-state index contributed by atoms with van der Waals surface area (Å²) in [4.78, 5) is 33.4. The lowest BCUT2D eigenvalue weighted by molar-refractivity contribution is -0.143. The number of aromatic amines is 1. The van der Waals surface area contributed by atoms with Crippen LogP contribution in [0.25, 0.3) is 0 Å². The van der Waals surface area contributed by atoms with E-state index in [1.807, 2.05) is 0 Å². The maximum Gasteiger partial charge on any atom is 0.305 e. The summed E-state index contributed by atoms with van der Waals surface area (Å²) < 4.78 is 6.08. The molecule has 0 atom stereocenters. The van der Waals surface area contributed by atoms with E-state index in [9.17, 15) is 14.4 Å². The van der Waals surface area contributed by atoms with E-state index in [-0.39, 0.29) is 17.1 Å². The van der Waals surface area contributed by atoms with E-state index in [1.54, 1.807) is 6.92 Å². The van der Waals surface area contributed by atoms with Crippen LogP contribution in [-0.4, -0.2) is 22.4 Å². The molecule has 0 amide bonds. The number of hydrogen-bond acceptors (Lipinski definition) is 4. The highest BCUT2D eigenvalue weighted by Gasteiger charge is 2.01. The molecule has 0 aliphatic carbocycles. The summed E-state index contributed by atoms with van der Waals surface area (Å²) >= 11 is 0. The molecule has 0 spiro atoms. The third-order valence-electron chi connectivity index (χ3n) is 2.46. The summed E-state index contributed by atoms with van der Waals surface area (Å²) in [6.45, 7) is 2.63. The van der Waals surface area contributed by atoms with Crippen molar-refractivity contribution in [3.63, 3.8) is 0 Å². The first-order valence-electron chi connectivity index (χ1n) is 6.09. The number of aryl methyl sites for hydroxylation is 1. The highest BCUT2D eigenvalue weighted by molar-refractivity contribution is 5.69. The SMILES string of the molecule is CCOC(=O)CCCCCn1[nH]c(=O)ccc1=O. The van der Waals surface area contributed by atoms with Crippen molar-refractivity contribution in [1.29, 1.82) is 0 Å². The Kier molecular flexibility index (Phi) is 5.90. The number of esters is 1. The third kappa shape index (κ3) is 4.99. The van der Waals surface area contributed by atoms with Crippen LogP contribution in [0.2, 0.25) is 0 Å². The lowest BCUT2D eigenvalue weighted by Crippen LogP contribution is -2.27. The molecule has 0 fully saturated rings. The monoisotopic (exact) mass is 254 g/mol. The fourth-order valence-electron chi connectivity index (χ4n) is 1.58. The quantitative estimate of drug-likeness (QED) is 0.572. The predicted molar refractivity (Wildman–Crippen MR) is 66.4 cm³/mol. The smallest absolute Gasteiger partial charge is 0.305 e. The molecule has 0 aliphatic heterocycles. The zero-order valence-electron chi connectivity index (χ0n) is 10.5. The number of carbonyl (C=O) groups excluding carboxylic acids is 1. The van der Waals surface area contributed by atoms with Crippen LogP contribution in [-0.2, 0) is 16.1 Å². The lowest BCUT2D eigenvalue weighted by atomic mass is 10.2. The first-order valence-corrected chi connectivity index (χ1v) is 6.09. The van der Waals surface area contributed by atoms with Crippen LogP contribution >= 0.6 is 0 Å². The van der Waals surface area contributed by atoms with Crippen molar-refractivity contribution in [2.24, 2.45) is 0 Å². The van der Waals surface area contributed by atoms with E-state index in [2.05, 4.69) is 5.10 Å². The minimum atomic E-state index is -0.291. The van der Waals surface area contributed by atoms with E-state index in [0.29, 0.717) is 19.6 Å². The summed E-state index contributed by atoms with van der Waals surface area (Å²) in [5, 5.41) is 2.45. The normalized spacial score (nSPS) is 10.3. The molecular weight excluding hydrogens is 236 g/mol. The number of rotatable bonds is 7. The van der Waals surface area contributed by atoms with Crippen LogP contribution in [0, 0.1) is 0 Å². The third-order valence-corrected chi connectivity index (χ3v) is 2.46. The van der Waals surface area contributed by atoms with Crippen LogP contribution in [0.3, 0.4) is 0 Å². The molecule has 0 aromatic carbocycles. The highest BCUT2D eigenvalue weighted by atomic mass is 16.5. The van der Waals surface area contributed by atoms with Crippen LogP contribution < -0.4 is 11.1 Å². The molecule has 0 saturated carbocycles. The Hall–Kier alpha value is -1.85. The molecule has 1 rings (SSSR count). The number of unbranched alkanes of at least 4 members (excludes halogenated alkanes) is 2. The van der Waals surface area contributed by atoms with Crippen molar-refractivity contribution in [1.82, 2.24) is 9.78 Å². The molecule has 0 radical (unpaired) electrons. The van der Waals surface area contributed by atoms with Crippen molar-refractivity contribution in [2.45, 2.75) is 39.2 Å². The van der Waals surface area contributed by atoms with Crippen LogP contribution in [0.15, 0.2) is 21.7 Å². The molecule has 0 aliphatic rings. The number of H-pyrrole nitrogens is 1. The molecule has 1 heterocycles. The second-order valence-electron chi connectivity index (χ2n) is 3.91. The van der Waals surface area contributed by atoms with Gasteiger partial charge in [-0.2, -0.15) is 0 Å². The van der Waals surface area contributed by atoms with Gasteiger partial charge in [-0.1, -0.05) is 6.42 Å².